The maximum absolute atomic E-state index is 12.3. The first-order valence-corrected chi connectivity index (χ1v) is 8.28. The normalized spacial score (nSPS) is 16.8. The Morgan fingerprint density at radius 2 is 2.20 bits per heavy atom. The minimum Gasteiger partial charge on any atom is -0.272 e. The molecule has 1 fully saturated rings. The van der Waals surface area contributed by atoms with Crippen LogP contribution in [0.1, 0.15) is 27.1 Å². The molecule has 0 radical (unpaired) electrons. The van der Waals surface area contributed by atoms with Crippen molar-refractivity contribution in [3.63, 3.8) is 0 Å². The lowest BCUT2D eigenvalue weighted by Crippen LogP contribution is -2.44. The third-order valence-electron chi connectivity index (χ3n) is 3.47. The Balaban J connectivity index is 1.82. The predicted octanol–water partition coefficient (Wildman–Crippen LogP) is 1.61. The third kappa shape index (κ3) is 3.58. The van der Waals surface area contributed by atoms with Gasteiger partial charge in [-0.3, -0.25) is 30.1 Å². The second-order valence-corrected chi connectivity index (χ2v) is 6.33. The number of nitrogens with zero attached hydrogens (tertiary/aromatic N) is 4. The zero-order valence-corrected chi connectivity index (χ0v) is 13.9. The number of benzene rings is 1. The molecule has 2 amide bonds. The lowest BCUT2D eigenvalue weighted by atomic mass is 10.2. The largest absolute Gasteiger partial charge is 0.290 e. The van der Waals surface area contributed by atoms with Crippen LogP contribution in [0.4, 0.5) is 5.69 Å². The number of hydrogen-bond acceptors (Lipinski definition) is 7. The lowest BCUT2D eigenvalue weighted by Gasteiger charge is -2.24. The molecule has 1 unspecified atom stereocenters. The molecule has 1 aliphatic heterocycles. The summed E-state index contributed by atoms with van der Waals surface area (Å²) in [4.78, 5) is 42.8. The number of nitro benzene ring substituents is 1. The van der Waals surface area contributed by atoms with E-state index in [1.165, 1.54) is 41.3 Å². The molecule has 0 bridgehead atoms. The number of aryl methyl sites for hydroxylation is 1. The number of thioether (sulfide) groups is 1. The van der Waals surface area contributed by atoms with Crippen molar-refractivity contribution in [2.45, 2.75) is 12.3 Å². The zero-order chi connectivity index (χ0) is 18.0. The number of aromatic nitrogens is 2. The second kappa shape index (κ2) is 6.85. The molecule has 1 aromatic heterocycles. The molecule has 1 N–H and O–H groups in total. The van der Waals surface area contributed by atoms with Gasteiger partial charge in [-0.05, 0) is 12.5 Å². The van der Waals surface area contributed by atoms with Gasteiger partial charge in [0.25, 0.3) is 17.5 Å². The molecule has 1 aliphatic rings. The summed E-state index contributed by atoms with van der Waals surface area (Å²) < 4.78 is 0. The quantitative estimate of drug-likeness (QED) is 0.651. The molecule has 0 spiro atoms. The van der Waals surface area contributed by atoms with E-state index in [1.54, 1.807) is 19.1 Å². The number of rotatable bonds is 4. The van der Waals surface area contributed by atoms with Gasteiger partial charge < -0.3 is 0 Å². The van der Waals surface area contributed by atoms with E-state index in [2.05, 4.69) is 15.4 Å². The summed E-state index contributed by atoms with van der Waals surface area (Å²) in [5, 5.41) is 11.6. The minimum atomic E-state index is -0.571. The van der Waals surface area contributed by atoms with Crippen molar-refractivity contribution in [1.29, 1.82) is 0 Å². The monoisotopic (exact) mass is 359 g/mol. The summed E-state index contributed by atoms with van der Waals surface area (Å²) in [6, 6.07) is 5.98. The average molecular weight is 359 g/mol. The van der Waals surface area contributed by atoms with Gasteiger partial charge in [-0.15, -0.1) is 11.8 Å². The Kier molecular flexibility index (Phi) is 4.61. The van der Waals surface area contributed by atoms with E-state index in [1.807, 2.05) is 0 Å². The van der Waals surface area contributed by atoms with E-state index in [9.17, 15) is 19.7 Å². The first-order valence-electron chi connectivity index (χ1n) is 7.23. The van der Waals surface area contributed by atoms with Gasteiger partial charge in [0, 0.05) is 18.3 Å². The van der Waals surface area contributed by atoms with Gasteiger partial charge in [-0.1, -0.05) is 12.1 Å². The molecule has 0 saturated carbocycles. The number of non-ortho nitro benzene ring substituents is 1. The van der Waals surface area contributed by atoms with Crippen LogP contribution in [0.3, 0.4) is 0 Å². The number of carbonyl (C=O) groups excluding carboxylic acids is 2. The van der Waals surface area contributed by atoms with E-state index < -0.39 is 16.2 Å². The van der Waals surface area contributed by atoms with Crippen LogP contribution in [0, 0.1) is 17.0 Å². The lowest BCUT2D eigenvalue weighted by molar-refractivity contribution is -0.384. The van der Waals surface area contributed by atoms with Crippen LogP contribution in [0.2, 0.25) is 0 Å². The van der Waals surface area contributed by atoms with Crippen LogP contribution < -0.4 is 5.43 Å². The smallest absolute Gasteiger partial charge is 0.272 e. The summed E-state index contributed by atoms with van der Waals surface area (Å²) in [6.45, 7) is 1.74. The van der Waals surface area contributed by atoms with Crippen LogP contribution >= 0.6 is 11.8 Å². The SMILES string of the molecule is Cc1cnc(C(=O)NN2C(=O)CSC2c2cccc([N+](=O)[O-])c2)cn1. The number of hydrazine groups is 1. The highest BCUT2D eigenvalue weighted by Crippen LogP contribution is 2.38. The molecule has 2 aromatic rings. The fraction of sp³-hybridized carbons (Fsp3) is 0.200. The van der Waals surface area contributed by atoms with Crippen LogP contribution in [-0.2, 0) is 4.79 Å². The number of carbonyl (C=O) groups is 2. The van der Waals surface area contributed by atoms with Gasteiger partial charge in [-0.2, -0.15) is 0 Å². The standard InChI is InChI=1S/C15H13N5O4S/c1-9-6-17-12(7-16-9)14(22)18-19-13(21)8-25-15(19)10-3-2-4-11(5-10)20(23)24/h2-7,15H,8H2,1H3,(H,18,22). The Morgan fingerprint density at radius 3 is 2.88 bits per heavy atom. The van der Waals surface area contributed by atoms with Crippen LogP contribution in [0.5, 0.6) is 0 Å². The zero-order valence-electron chi connectivity index (χ0n) is 13.1. The Labute approximate surface area is 146 Å². The maximum Gasteiger partial charge on any atom is 0.290 e. The molecular formula is C15H13N5O4S. The maximum atomic E-state index is 12.3. The van der Waals surface area contributed by atoms with Gasteiger partial charge in [0.1, 0.15) is 11.1 Å². The molecule has 10 heteroatoms. The second-order valence-electron chi connectivity index (χ2n) is 5.26. The average Bonchev–Trinajstić information content (AvgIpc) is 2.96. The van der Waals surface area contributed by atoms with Gasteiger partial charge in [0.2, 0.25) is 0 Å². The molecule has 1 atom stereocenters. The summed E-state index contributed by atoms with van der Waals surface area (Å²) in [7, 11) is 0. The Hall–Kier alpha value is -3.01. The summed E-state index contributed by atoms with van der Waals surface area (Å²) in [5.74, 6) is -0.707. The molecule has 1 aromatic carbocycles. The highest BCUT2D eigenvalue weighted by molar-refractivity contribution is 8.00. The number of nitro groups is 1. The van der Waals surface area contributed by atoms with E-state index >= 15 is 0 Å². The van der Waals surface area contributed by atoms with Crippen molar-refractivity contribution in [1.82, 2.24) is 20.4 Å². The number of nitrogens with one attached hydrogen (secondary N) is 1. The van der Waals surface area contributed by atoms with E-state index in [0.717, 1.165) is 0 Å². The van der Waals surface area contributed by atoms with Crippen molar-refractivity contribution in [3.8, 4) is 0 Å². The highest BCUT2D eigenvalue weighted by Gasteiger charge is 2.35. The number of amides is 2. The first-order chi connectivity index (χ1) is 12.0. The van der Waals surface area contributed by atoms with E-state index in [-0.39, 0.29) is 23.0 Å². The van der Waals surface area contributed by atoms with E-state index in [0.29, 0.717) is 11.3 Å². The fourth-order valence-corrected chi connectivity index (χ4v) is 3.36. The molecule has 2 heterocycles. The van der Waals surface area contributed by atoms with Crippen molar-refractivity contribution < 1.29 is 14.5 Å². The fourth-order valence-electron chi connectivity index (χ4n) is 2.26. The van der Waals surface area contributed by atoms with Gasteiger partial charge in [-0.25, -0.2) is 9.99 Å². The Bertz CT molecular complexity index is 842. The van der Waals surface area contributed by atoms with Crippen molar-refractivity contribution >= 4 is 29.3 Å². The molecule has 25 heavy (non-hydrogen) atoms. The topological polar surface area (TPSA) is 118 Å². The van der Waals surface area contributed by atoms with Crippen LogP contribution in [0.25, 0.3) is 0 Å². The van der Waals surface area contributed by atoms with Gasteiger partial charge in [0.15, 0.2) is 0 Å². The van der Waals surface area contributed by atoms with E-state index in [4.69, 9.17) is 0 Å². The highest BCUT2D eigenvalue weighted by atomic mass is 32.2. The molecule has 128 valence electrons. The molecule has 9 nitrogen and oxygen atoms in total. The third-order valence-corrected chi connectivity index (χ3v) is 4.68. The van der Waals surface area contributed by atoms with Crippen molar-refractivity contribution in [2.24, 2.45) is 0 Å². The molecule has 1 saturated heterocycles. The molecule has 3 rings (SSSR count). The number of hydrogen-bond donors (Lipinski definition) is 1. The molecule has 0 aliphatic carbocycles. The van der Waals surface area contributed by atoms with Crippen molar-refractivity contribution in [3.05, 3.63) is 63.7 Å². The minimum absolute atomic E-state index is 0.0758. The van der Waals surface area contributed by atoms with Crippen molar-refractivity contribution in [2.75, 3.05) is 5.75 Å². The van der Waals surface area contributed by atoms with Crippen LogP contribution in [0.15, 0.2) is 36.7 Å². The predicted molar refractivity (Wildman–Crippen MR) is 89.4 cm³/mol. The summed E-state index contributed by atoms with van der Waals surface area (Å²) in [6.07, 6.45) is 2.77. The van der Waals surface area contributed by atoms with Crippen LogP contribution in [-0.4, -0.2) is 37.5 Å². The van der Waals surface area contributed by atoms with Gasteiger partial charge >= 0.3 is 0 Å². The first kappa shape index (κ1) is 16.8. The molecular weight excluding hydrogens is 346 g/mol. The summed E-state index contributed by atoms with van der Waals surface area (Å²) >= 11 is 1.27. The Morgan fingerprint density at radius 1 is 1.40 bits per heavy atom. The summed E-state index contributed by atoms with van der Waals surface area (Å²) in [5.41, 5.74) is 3.74. The van der Waals surface area contributed by atoms with Gasteiger partial charge in [0.05, 0.1) is 22.6 Å².